The Balaban J connectivity index is 1.98. The quantitative estimate of drug-likeness (QED) is 0.724. The van der Waals surface area contributed by atoms with E-state index in [0.717, 1.165) is 41.1 Å². The van der Waals surface area contributed by atoms with Crippen molar-refractivity contribution in [2.75, 3.05) is 13.7 Å². The summed E-state index contributed by atoms with van der Waals surface area (Å²) >= 11 is 0. The van der Waals surface area contributed by atoms with Gasteiger partial charge >= 0.3 is 12.2 Å². The van der Waals surface area contributed by atoms with Crippen molar-refractivity contribution < 1.29 is 23.9 Å². The molecule has 1 atom stereocenters. The molecular weight excluding hydrogens is 412 g/mol. The molecule has 2 aliphatic rings. The van der Waals surface area contributed by atoms with Crippen LogP contribution in [0.1, 0.15) is 57.0 Å². The van der Waals surface area contributed by atoms with Gasteiger partial charge in [-0.1, -0.05) is 32.9 Å². The monoisotopic (exact) mass is 442 g/mol. The lowest BCUT2D eigenvalue weighted by Crippen LogP contribution is -2.46. The third kappa shape index (κ3) is 4.00. The number of rotatable bonds is 5. The number of carbonyl (C=O) groups is 2. The molecule has 0 bridgehead atoms. The van der Waals surface area contributed by atoms with Crippen molar-refractivity contribution in [3.8, 4) is 22.6 Å². The van der Waals surface area contributed by atoms with Gasteiger partial charge < -0.3 is 30.3 Å². The lowest BCUT2D eigenvalue weighted by molar-refractivity contribution is -0.168. The van der Waals surface area contributed by atoms with E-state index in [1.807, 2.05) is 45.0 Å². The van der Waals surface area contributed by atoms with Gasteiger partial charge in [0.2, 0.25) is 0 Å². The molecule has 0 spiro atoms. The molecule has 4 rings (SSSR count). The molecule has 0 radical (unpaired) electrons. The SMILES string of the molecule is COc1ccc(-c2c(OC(N)=O)c3n(c2C2CC2)CCN(OC(N)=O)C3C(C)(C)C)cc1. The summed E-state index contributed by atoms with van der Waals surface area (Å²) in [6, 6.07) is 7.25. The van der Waals surface area contributed by atoms with E-state index < -0.39 is 18.2 Å². The fourth-order valence-electron chi connectivity index (χ4n) is 4.69. The molecule has 1 aliphatic heterocycles. The predicted octanol–water partition coefficient (Wildman–Crippen LogP) is 3.91. The first-order valence-electron chi connectivity index (χ1n) is 10.7. The van der Waals surface area contributed by atoms with Crippen LogP contribution in [-0.4, -0.2) is 35.5 Å². The second kappa shape index (κ2) is 8.05. The molecule has 1 unspecified atom stereocenters. The van der Waals surface area contributed by atoms with Gasteiger partial charge in [0, 0.05) is 23.7 Å². The van der Waals surface area contributed by atoms with Crippen LogP contribution in [0.4, 0.5) is 9.59 Å². The highest BCUT2D eigenvalue weighted by atomic mass is 16.7. The molecule has 1 aromatic heterocycles. The lowest BCUT2D eigenvalue weighted by atomic mass is 9.83. The number of carbonyl (C=O) groups excluding carboxylic acids is 2. The molecule has 32 heavy (non-hydrogen) atoms. The highest BCUT2D eigenvalue weighted by molar-refractivity contribution is 5.81. The van der Waals surface area contributed by atoms with Crippen molar-refractivity contribution in [2.45, 2.75) is 52.1 Å². The minimum atomic E-state index is -0.892. The minimum absolute atomic E-state index is 0.361. The summed E-state index contributed by atoms with van der Waals surface area (Å²) in [5.74, 6) is 1.50. The van der Waals surface area contributed by atoms with Crippen LogP contribution in [-0.2, 0) is 11.4 Å². The Morgan fingerprint density at radius 2 is 1.66 bits per heavy atom. The smallest absolute Gasteiger partial charge is 0.423 e. The predicted molar refractivity (Wildman–Crippen MR) is 118 cm³/mol. The third-order valence-corrected chi connectivity index (χ3v) is 5.96. The first-order valence-corrected chi connectivity index (χ1v) is 10.7. The maximum Gasteiger partial charge on any atom is 0.423 e. The van der Waals surface area contributed by atoms with Crippen LogP contribution in [0.5, 0.6) is 11.5 Å². The normalized spacial score (nSPS) is 18.7. The number of amides is 2. The van der Waals surface area contributed by atoms with Crippen molar-refractivity contribution in [1.29, 1.82) is 0 Å². The van der Waals surface area contributed by atoms with Crippen molar-refractivity contribution in [1.82, 2.24) is 9.63 Å². The molecule has 4 N–H and O–H groups in total. The number of nitrogens with zero attached hydrogens (tertiary/aromatic N) is 2. The average Bonchev–Trinajstić information content (AvgIpc) is 3.50. The molecule has 9 heteroatoms. The summed E-state index contributed by atoms with van der Waals surface area (Å²) in [5, 5.41) is 1.58. The molecule has 1 aliphatic carbocycles. The number of fused-ring (bicyclic) bond motifs is 1. The summed E-state index contributed by atoms with van der Waals surface area (Å²) in [7, 11) is 1.62. The summed E-state index contributed by atoms with van der Waals surface area (Å²) in [6.45, 7) is 7.14. The Bertz CT molecular complexity index is 1030. The molecule has 2 amide bonds. The topological polar surface area (TPSA) is 122 Å². The molecule has 9 nitrogen and oxygen atoms in total. The molecule has 1 fully saturated rings. The van der Waals surface area contributed by atoms with Gasteiger partial charge in [0.1, 0.15) is 5.75 Å². The highest BCUT2D eigenvalue weighted by Crippen LogP contribution is 2.55. The van der Waals surface area contributed by atoms with Gasteiger partial charge in [-0.3, -0.25) is 0 Å². The van der Waals surface area contributed by atoms with Crippen molar-refractivity contribution in [3.63, 3.8) is 0 Å². The maximum atomic E-state index is 12.0. The van der Waals surface area contributed by atoms with Gasteiger partial charge in [-0.2, -0.15) is 0 Å². The van der Waals surface area contributed by atoms with Crippen LogP contribution in [0.15, 0.2) is 24.3 Å². The zero-order valence-corrected chi connectivity index (χ0v) is 18.9. The van der Waals surface area contributed by atoms with Gasteiger partial charge in [0.05, 0.1) is 25.4 Å². The maximum absolute atomic E-state index is 12.0. The van der Waals surface area contributed by atoms with E-state index >= 15 is 0 Å². The standard InChI is InChI=1S/C23H30N4O5/c1-23(2,3)20-18-19(31-21(24)28)16(13-7-9-15(30-4)10-8-13)17(14-5-6-14)26(18)11-12-27(20)32-22(25)29/h7-10,14,20H,5-6,11-12H2,1-4H3,(H2,24,28)(H2,25,29). The van der Waals surface area contributed by atoms with Crippen molar-refractivity contribution in [2.24, 2.45) is 16.9 Å². The van der Waals surface area contributed by atoms with E-state index in [2.05, 4.69) is 4.57 Å². The first-order chi connectivity index (χ1) is 15.1. The second-order valence-electron chi connectivity index (χ2n) is 9.37. The van der Waals surface area contributed by atoms with Crippen LogP contribution in [0, 0.1) is 5.41 Å². The number of hydroxylamine groups is 2. The molecule has 172 valence electrons. The number of primary amides is 2. The van der Waals surface area contributed by atoms with E-state index in [0.29, 0.717) is 24.8 Å². The van der Waals surface area contributed by atoms with Crippen molar-refractivity contribution >= 4 is 12.2 Å². The van der Waals surface area contributed by atoms with E-state index in [1.165, 1.54) is 0 Å². The summed E-state index contributed by atoms with van der Waals surface area (Å²) in [6.07, 6.45) is 0.347. The van der Waals surface area contributed by atoms with E-state index in [9.17, 15) is 9.59 Å². The number of methoxy groups -OCH3 is 1. The zero-order chi connectivity index (χ0) is 23.2. The Hall–Kier alpha value is -3.20. The van der Waals surface area contributed by atoms with Gasteiger partial charge in [0.15, 0.2) is 5.75 Å². The van der Waals surface area contributed by atoms with Gasteiger partial charge in [-0.15, -0.1) is 5.06 Å². The number of hydrogen-bond acceptors (Lipinski definition) is 6. The Morgan fingerprint density at radius 1 is 1.00 bits per heavy atom. The van der Waals surface area contributed by atoms with E-state index in [4.69, 9.17) is 25.8 Å². The highest BCUT2D eigenvalue weighted by Gasteiger charge is 2.46. The largest absolute Gasteiger partial charge is 0.497 e. The Morgan fingerprint density at radius 3 is 2.16 bits per heavy atom. The molecule has 0 saturated heterocycles. The first kappa shape index (κ1) is 22.0. The Kier molecular flexibility index (Phi) is 5.54. The number of aromatic nitrogens is 1. The number of benzene rings is 1. The molecule has 2 heterocycles. The van der Waals surface area contributed by atoms with Crippen LogP contribution in [0.25, 0.3) is 11.1 Å². The van der Waals surface area contributed by atoms with Crippen LogP contribution >= 0.6 is 0 Å². The number of ether oxygens (including phenoxy) is 2. The summed E-state index contributed by atoms with van der Waals surface area (Å²) < 4.78 is 13.2. The molecule has 1 saturated carbocycles. The van der Waals surface area contributed by atoms with Crippen LogP contribution in [0.3, 0.4) is 0 Å². The van der Waals surface area contributed by atoms with E-state index in [1.54, 1.807) is 12.2 Å². The summed E-state index contributed by atoms with van der Waals surface area (Å²) in [5.41, 5.74) is 14.1. The lowest BCUT2D eigenvalue weighted by Gasteiger charge is -2.42. The number of hydrogen-bond donors (Lipinski definition) is 2. The Labute approximate surface area is 187 Å². The second-order valence-corrected chi connectivity index (χ2v) is 9.37. The average molecular weight is 443 g/mol. The number of nitrogens with two attached hydrogens (primary N) is 2. The van der Waals surface area contributed by atoms with Crippen LogP contribution < -0.4 is 20.9 Å². The van der Waals surface area contributed by atoms with Gasteiger partial charge in [-0.05, 0) is 36.0 Å². The fraction of sp³-hybridized carbons (Fsp3) is 0.478. The van der Waals surface area contributed by atoms with Crippen molar-refractivity contribution in [3.05, 3.63) is 35.7 Å². The molecule has 1 aromatic carbocycles. The molecular formula is C23H30N4O5. The summed E-state index contributed by atoms with van der Waals surface area (Å²) in [4.78, 5) is 29.0. The minimum Gasteiger partial charge on any atom is -0.497 e. The zero-order valence-electron chi connectivity index (χ0n) is 18.9. The van der Waals surface area contributed by atoms with Crippen LogP contribution in [0.2, 0.25) is 0 Å². The van der Waals surface area contributed by atoms with Gasteiger partial charge in [-0.25, -0.2) is 9.59 Å². The fourth-order valence-corrected chi connectivity index (χ4v) is 4.69. The van der Waals surface area contributed by atoms with Gasteiger partial charge in [0.25, 0.3) is 0 Å². The third-order valence-electron chi connectivity index (χ3n) is 5.96. The van der Waals surface area contributed by atoms with E-state index in [-0.39, 0.29) is 5.41 Å². The molecule has 2 aromatic rings.